The van der Waals surface area contributed by atoms with Gasteiger partial charge in [-0.25, -0.2) is 4.79 Å². The molecule has 0 spiro atoms. The summed E-state index contributed by atoms with van der Waals surface area (Å²) >= 11 is 15.2. The Kier molecular flexibility index (Phi) is 38.1. The predicted octanol–water partition coefficient (Wildman–Crippen LogP) is 21.2. The third-order valence-electron chi connectivity index (χ3n) is 26.1. The van der Waals surface area contributed by atoms with E-state index in [1.54, 1.807) is 24.3 Å². The van der Waals surface area contributed by atoms with Crippen LogP contribution in [0.3, 0.4) is 0 Å². The van der Waals surface area contributed by atoms with Gasteiger partial charge in [-0.05, 0) is 207 Å². The molecule has 0 aromatic heterocycles. The molecule has 5 heterocycles. The molecule has 9 aliphatic rings. The van der Waals surface area contributed by atoms with Gasteiger partial charge in [0.2, 0.25) is 0 Å². The van der Waals surface area contributed by atoms with Crippen LogP contribution in [0.5, 0.6) is 5.75 Å². The summed E-state index contributed by atoms with van der Waals surface area (Å²) < 4.78 is 13.5. The average molecular weight is 1600 g/mol. The number of rotatable bonds is 12. The molecule has 4 aliphatic carbocycles. The number of carbonyl (C=O) groups is 2. The van der Waals surface area contributed by atoms with Gasteiger partial charge in [0, 0.05) is 117 Å². The van der Waals surface area contributed by atoms with Crippen molar-refractivity contribution in [2.45, 2.75) is 238 Å². The van der Waals surface area contributed by atoms with Gasteiger partial charge >= 0.3 is 5.43 Å². The number of hydrazine groups is 1. The van der Waals surface area contributed by atoms with E-state index in [1.165, 1.54) is 154 Å². The number of allylic oxidation sites excluding steroid dienone is 1. The van der Waals surface area contributed by atoms with Gasteiger partial charge in [0.1, 0.15) is 17.3 Å². The molecule has 6 aromatic carbocycles. The molecule has 618 valence electrons. The number of halogens is 3. The third kappa shape index (κ3) is 25.1. The molecule has 4 saturated heterocycles. The highest BCUT2D eigenvalue weighted by molar-refractivity contribution is 6.61. The first-order chi connectivity index (χ1) is 52.6. The lowest BCUT2D eigenvalue weighted by Gasteiger charge is -2.54. The first-order valence-electron chi connectivity index (χ1n) is 40.7. The number of phenolic OH excluding ortho intramolecular Hbond substituents is 1. The Balaban J connectivity index is 0.000000208. The second kappa shape index (κ2) is 45.0. The molecule has 2 unspecified atom stereocenters. The Hall–Kier alpha value is -5.91. The zero-order chi connectivity index (χ0) is 79.9. The van der Waals surface area contributed by atoms with Gasteiger partial charge in [-0.15, -0.1) is 11.6 Å². The summed E-state index contributed by atoms with van der Waals surface area (Å²) in [4.78, 5) is 32.0. The second-order valence-corrected chi connectivity index (χ2v) is 35.1. The first-order valence-corrected chi connectivity index (χ1v) is 42.0. The number of fused-ring (bicyclic) bond motifs is 8. The molecule has 6 aromatic rings. The fourth-order valence-electron chi connectivity index (χ4n) is 20.2. The van der Waals surface area contributed by atoms with E-state index < -0.39 is 11.0 Å². The molecule has 6 N–H and O–H groups in total. The maximum Gasteiger partial charge on any atom is 0.405 e. The number of hydrogen-bond donors (Lipinski definition) is 4. The van der Waals surface area contributed by atoms with Crippen LogP contribution in [0.25, 0.3) is 5.57 Å². The summed E-state index contributed by atoms with van der Waals surface area (Å²) in [6, 6.07) is 57.7. The van der Waals surface area contributed by atoms with E-state index in [0.717, 1.165) is 69.4 Å². The van der Waals surface area contributed by atoms with Gasteiger partial charge in [0.05, 0.1) is 5.88 Å². The van der Waals surface area contributed by atoms with Crippen molar-refractivity contribution in [2.24, 2.45) is 41.3 Å². The van der Waals surface area contributed by atoms with Crippen molar-refractivity contribution in [3.63, 3.8) is 0 Å². The number of likely N-dealkylation sites (N-methyl/N-ethyl adjacent to an activating group) is 1. The number of aryl methyl sites for hydroxylation is 4. The van der Waals surface area contributed by atoms with E-state index in [4.69, 9.17) is 39.5 Å². The predicted molar refractivity (Wildman–Crippen MR) is 473 cm³/mol. The number of aromatic hydroxyl groups is 1. The molecule has 15 rings (SSSR count). The molecule has 4 saturated carbocycles. The molecular formula is C96H142Cl3N7O6. The third-order valence-corrected chi connectivity index (χ3v) is 26.5. The van der Waals surface area contributed by atoms with Gasteiger partial charge in [-0.2, -0.15) is 0 Å². The highest BCUT2D eigenvalue weighted by Crippen LogP contribution is 2.53. The van der Waals surface area contributed by atoms with Crippen molar-refractivity contribution in [1.29, 1.82) is 0 Å². The smallest absolute Gasteiger partial charge is 0.405 e. The van der Waals surface area contributed by atoms with Crippen LogP contribution in [0, 0.1) is 57.3 Å². The summed E-state index contributed by atoms with van der Waals surface area (Å²) in [7, 11) is 8.20. The van der Waals surface area contributed by atoms with Crippen LogP contribution in [0.1, 0.15) is 208 Å². The fraction of sp³-hybridized carbons (Fsp3) is 0.562. The van der Waals surface area contributed by atoms with Crippen LogP contribution >= 0.6 is 34.8 Å². The van der Waals surface area contributed by atoms with E-state index in [-0.39, 0.29) is 32.5 Å². The summed E-state index contributed by atoms with van der Waals surface area (Å²) in [6.07, 6.45) is 21.1. The maximum atomic E-state index is 12.2. The second-order valence-electron chi connectivity index (χ2n) is 33.9. The summed E-state index contributed by atoms with van der Waals surface area (Å²) in [5.41, 5.74) is 15.5. The first kappa shape index (κ1) is 94.9. The van der Waals surface area contributed by atoms with Crippen molar-refractivity contribution in [2.75, 3.05) is 80.2 Å². The van der Waals surface area contributed by atoms with Crippen LogP contribution in [0.15, 0.2) is 170 Å². The quantitative estimate of drug-likeness (QED) is 0.0229. The van der Waals surface area contributed by atoms with Crippen molar-refractivity contribution in [1.82, 2.24) is 24.9 Å². The number of benzene rings is 6. The minimum atomic E-state index is -0.873. The molecule has 0 amide bonds. The topological polar surface area (TPSA) is 159 Å². The van der Waals surface area contributed by atoms with Gasteiger partial charge in [-0.1, -0.05) is 255 Å². The monoisotopic (exact) mass is 1590 g/mol. The highest BCUT2D eigenvalue weighted by Gasteiger charge is 2.52. The molecule has 8 bridgehead atoms. The number of nitrogens with one attached hydrogen (secondary N) is 1. The highest BCUT2D eigenvalue weighted by atomic mass is 35.5. The van der Waals surface area contributed by atoms with E-state index in [9.17, 15) is 14.7 Å². The lowest BCUT2D eigenvalue weighted by atomic mass is 9.58. The van der Waals surface area contributed by atoms with Crippen molar-refractivity contribution in [3.05, 3.63) is 226 Å². The van der Waals surface area contributed by atoms with Gasteiger partial charge in [0.15, 0.2) is 12.4 Å². The number of ketones is 1. The number of alkyl halides is 2. The number of phenols is 1. The minimum absolute atomic E-state index is 0. The van der Waals surface area contributed by atoms with Gasteiger partial charge < -0.3 is 39.3 Å². The van der Waals surface area contributed by atoms with Crippen LogP contribution < -0.4 is 17.0 Å². The summed E-state index contributed by atoms with van der Waals surface area (Å²) in [5, 5.41) is 13.7. The molecule has 8 fully saturated rings. The van der Waals surface area contributed by atoms with Crippen LogP contribution in [-0.2, 0) is 47.2 Å². The normalized spacial score (nSPS) is 28.5. The Morgan fingerprint density at radius 1 is 0.616 bits per heavy atom. The van der Waals surface area contributed by atoms with E-state index in [0.29, 0.717) is 63.8 Å². The zero-order valence-corrected chi connectivity index (χ0v) is 71.3. The number of nitrogens with two attached hydrogens (primary N) is 2. The molecule has 14 atom stereocenters. The van der Waals surface area contributed by atoms with Crippen molar-refractivity contribution < 1.29 is 28.9 Å². The number of Topliss-reactive ketones (excluding diaryl/α,β-unsaturated/α-hetero) is 1. The fourth-order valence-corrected chi connectivity index (χ4v) is 20.5. The Morgan fingerprint density at radius 3 is 1.62 bits per heavy atom. The van der Waals surface area contributed by atoms with Crippen LogP contribution in [-0.4, -0.2) is 146 Å². The Labute approximate surface area is 692 Å². The molecule has 112 heavy (non-hydrogen) atoms. The molecule has 0 radical (unpaired) electrons. The van der Waals surface area contributed by atoms with Crippen LogP contribution in [0.2, 0.25) is 0 Å². The maximum absolute atomic E-state index is 12.2. The zero-order valence-electron chi connectivity index (χ0n) is 69.0. The Morgan fingerprint density at radius 2 is 1.10 bits per heavy atom. The number of ether oxygens (including phenoxy) is 3. The summed E-state index contributed by atoms with van der Waals surface area (Å²) in [6.45, 7) is 33.9. The van der Waals surface area contributed by atoms with E-state index in [2.05, 4.69) is 276 Å². The number of nitrogens with zero attached hydrogens (tertiary/aromatic N) is 4. The van der Waals surface area contributed by atoms with Gasteiger partial charge in [-0.3, -0.25) is 21.4 Å². The lowest BCUT2D eigenvalue weighted by molar-refractivity contribution is -0.128. The number of piperidine rings is 4. The SMILES string of the molecule is C.C.C=C(CCl)OCOC.CC(Cl)OC(=O)Cl.C[C@@H]1CN(Cc2ccccc2)[C@H]2CCC[C@]1(c1cccc(O)c1)C2.Cc1cccc(C2=CCN(C)CC2C)c1.Cc1cccc([C@@]23CC(=O)C[C@@H](C2)N(C)C[C@H]3C)c1.Cc1cccc([C@@]23CCC[C@@H](C2)N(C)C[C@H]3C)c1.Cc1cccc([C@@]23CCC[C@@H](C2)NC[C@H]3C)c1.NN. The van der Waals surface area contributed by atoms with E-state index in [1.807, 2.05) is 12.1 Å². The van der Waals surface area contributed by atoms with Gasteiger partial charge in [0.25, 0.3) is 0 Å². The summed E-state index contributed by atoms with van der Waals surface area (Å²) in [5.74, 6) is 13.0. The number of carbonyl (C=O) groups excluding carboxylic acids is 2. The average Bonchev–Trinajstić information content (AvgIpc) is 0.816. The molecule has 5 aliphatic heterocycles. The molecular weight excluding hydrogens is 1450 g/mol. The Bertz CT molecular complexity index is 3900. The minimum Gasteiger partial charge on any atom is -0.508 e. The standard InChI is InChI=1S/C22H27NO.C17H23NO.C17H25N.C16H23N.C14H19N.C5H9ClO2.C3H4Cl2O2.2CH4.H4N2/c1-17-15-23(16-18-7-3-2-4-8-18)20-10-6-12-22(17,14-20)19-9-5-11-21(24)13-19;1-12-5-4-6-14(7-12)17-9-15(8-16(19)10-17)18(3)11-13(17)2;1-13-6-4-7-15(10-13)17-9-5-8-16(11-17)18(3)12-14(17)2;1-12-5-3-6-14(9-12)16-8-4-7-15(10-16)17-11-13(16)2;1-11-5-4-6-13(9-11)14-7-8-15(3)10-12(14)2;1-5(3-6)8-4-7-2;1-2(4)7-3(5)6;;;1-2/h2-5,7-9,11,13,17,20,24H,6,10,12,14-16H2,1H3;4-7,13,15H,8-11H2,1-3H3;4,6-7,10,14,16H,5,8-9,11-12H2,1-3H3;3,5-6,9,13,15,17H,4,7-8,10-11H2,1-2H3;4-7,9,12H,8,10H2,1-3H3;1,3-4H2,2H3;2H,1H3;2*1H4;1-2H2/t17-,20+,22+;13-,15+,17-;14-,16+,17+;13-,15+,16+;;;;;;/m1111....../s1. The molecule has 13 nitrogen and oxygen atoms in total. The largest absolute Gasteiger partial charge is 0.508 e. The molecule has 16 heteroatoms. The van der Waals surface area contributed by atoms with E-state index >= 15 is 0 Å². The lowest BCUT2D eigenvalue weighted by Crippen LogP contribution is -2.57. The van der Waals surface area contributed by atoms with Crippen molar-refractivity contribution in [3.8, 4) is 5.75 Å². The number of hydrogen-bond acceptors (Lipinski definition) is 13. The number of likely N-dealkylation sites (tertiary alicyclic amines) is 3. The number of methoxy groups -OCH3 is 1. The van der Waals surface area contributed by atoms with Crippen LogP contribution in [0.4, 0.5) is 4.79 Å². The van der Waals surface area contributed by atoms with Crippen molar-refractivity contribution >= 4 is 51.6 Å².